The standard InChI is InChI=1S/C12H22N2O5S/c1-19-12(16)11-8-10(15)9-14(11)20(17,18)13-6-4-2-3-5-7-13/h10-11,15H,2-9H2,1H3. The molecule has 0 spiro atoms. The summed E-state index contributed by atoms with van der Waals surface area (Å²) in [7, 11) is -2.49. The molecule has 2 atom stereocenters. The molecule has 2 rings (SSSR count). The van der Waals surface area contributed by atoms with Crippen LogP contribution in [0.15, 0.2) is 0 Å². The third-order valence-electron chi connectivity index (χ3n) is 3.89. The summed E-state index contributed by atoms with van der Waals surface area (Å²) in [6.45, 7) is 0.907. The Labute approximate surface area is 119 Å². The summed E-state index contributed by atoms with van der Waals surface area (Å²) < 4.78 is 32.5. The second kappa shape index (κ2) is 6.38. The van der Waals surface area contributed by atoms with E-state index in [1.807, 2.05) is 0 Å². The van der Waals surface area contributed by atoms with Gasteiger partial charge in [0.05, 0.1) is 13.2 Å². The molecular formula is C12H22N2O5S. The molecule has 2 aliphatic rings. The molecule has 2 saturated heterocycles. The topological polar surface area (TPSA) is 87.1 Å². The van der Waals surface area contributed by atoms with E-state index in [9.17, 15) is 18.3 Å². The predicted molar refractivity (Wildman–Crippen MR) is 72.1 cm³/mol. The van der Waals surface area contributed by atoms with Crippen molar-refractivity contribution in [3.8, 4) is 0 Å². The molecule has 116 valence electrons. The maximum atomic E-state index is 12.6. The van der Waals surface area contributed by atoms with Crippen molar-refractivity contribution in [3.63, 3.8) is 0 Å². The van der Waals surface area contributed by atoms with Gasteiger partial charge < -0.3 is 9.84 Å². The lowest BCUT2D eigenvalue weighted by Crippen LogP contribution is -2.49. The van der Waals surface area contributed by atoms with Crippen LogP contribution in [-0.4, -0.2) is 67.0 Å². The number of aliphatic hydroxyl groups is 1. The number of carbonyl (C=O) groups excluding carboxylic acids is 1. The van der Waals surface area contributed by atoms with Gasteiger partial charge in [0, 0.05) is 26.1 Å². The van der Waals surface area contributed by atoms with Crippen molar-refractivity contribution >= 4 is 16.2 Å². The van der Waals surface area contributed by atoms with Gasteiger partial charge in [0.1, 0.15) is 6.04 Å². The number of esters is 1. The fraction of sp³-hybridized carbons (Fsp3) is 0.917. The lowest BCUT2D eigenvalue weighted by atomic mass is 10.2. The first kappa shape index (κ1) is 15.7. The van der Waals surface area contributed by atoms with Crippen molar-refractivity contribution in [2.75, 3.05) is 26.7 Å². The molecule has 20 heavy (non-hydrogen) atoms. The number of carbonyl (C=O) groups is 1. The number of β-amino-alcohol motifs (C(OH)–C–C–N with tert-alkyl or cyclic N) is 1. The molecule has 2 heterocycles. The molecule has 8 heteroatoms. The smallest absolute Gasteiger partial charge is 0.324 e. The Bertz CT molecular complexity index is 445. The highest BCUT2D eigenvalue weighted by molar-refractivity contribution is 7.86. The van der Waals surface area contributed by atoms with Crippen LogP contribution < -0.4 is 0 Å². The minimum Gasteiger partial charge on any atom is -0.468 e. The SMILES string of the molecule is COC(=O)C1CC(O)CN1S(=O)(=O)N1CCCCCC1. The Morgan fingerprint density at radius 1 is 1.20 bits per heavy atom. The molecule has 0 aromatic rings. The zero-order chi connectivity index (χ0) is 14.8. The van der Waals surface area contributed by atoms with E-state index < -0.39 is 28.3 Å². The average Bonchev–Trinajstić information content (AvgIpc) is 2.66. The molecule has 7 nitrogen and oxygen atoms in total. The van der Waals surface area contributed by atoms with Crippen LogP contribution in [-0.2, 0) is 19.7 Å². The van der Waals surface area contributed by atoms with Crippen LogP contribution in [0.25, 0.3) is 0 Å². The molecule has 2 fully saturated rings. The summed E-state index contributed by atoms with van der Waals surface area (Å²) in [4.78, 5) is 11.7. The molecule has 0 bridgehead atoms. The van der Waals surface area contributed by atoms with Crippen molar-refractivity contribution in [1.29, 1.82) is 0 Å². The monoisotopic (exact) mass is 306 g/mol. The van der Waals surface area contributed by atoms with Crippen LogP contribution in [0.3, 0.4) is 0 Å². The van der Waals surface area contributed by atoms with Crippen molar-refractivity contribution in [2.24, 2.45) is 0 Å². The van der Waals surface area contributed by atoms with Gasteiger partial charge in [-0.15, -0.1) is 0 Å². The van der Waals surface area contributed by atoms with E-state index in [4.69, 9.17) is 0 Å². The normalized spacial score (nSPS) is 30.1. The zero-order valence-electron chi connectivity index (χ0n) is 11.7. The van der Waals surface area contributed by atoms with Gasteiger partial charge in [-0.1, -0.05) is 12.8 Å². The molecule has 1 N–H and O–H groups in total. The van der Waals surface area contributed by atoms with Crippen molar-refractivity contribution in [3.05, 3.63) is 0 Å². The molecule has 2 aliphatic heterocycles. The number of ether oxygens (including phenoxy) is 1. The average molecular weight is 306 g/mol. The largest absolute Gasteiger partial charge is 0.468 e. The van der Waals surface area contributed by atoms with Gasteiger partial charge in [-0.3, -0.25) is 4.79 Å². The van der Waals surface area contributed by atoms with E-state index in [1.54, 1.807) is 0 Å². The van der Waals surface area contributed by atoms with Gasteiger partial charge in [0.2, 0.25) is 0 Å². The van der Waals surface area contributed by atoms with E-state index in [2.05, 4.69) is 4.74 Å². The predicted octanol–water partition coefficient (Wildman–Crippen LogP) is -0.285. The van der Waals surface area contributed by atoms with Crippen LogP contribution in [0.1, 0.15) is 32.1 Å². The Morgan fingerprint density at radius 3 is 2.35 bits per heavy atom. The molecular weight excluding hydrogens is 284 g/mol. The molecule has 2 unspecified atom stereocenters. The summed E-state index contributed by atoms with van der Waals surface area (Å²) in [5, 5.41) is 9.70. The van der Waals surface area contributed by atoms with Crippen LogP contribution in [0.4, 0.5) is 0 Å². The van der Waals surface area contributed by atoms with Gasteiger partial charge in [0.25, 0.3) is 10.2 Å². The highest BCUT2D eigenvalue weighted by Gasteiger charge is 2.45. The maximum Gasteiger partial charge on any atom is 0.324 e. The van der Waals surface area contributed by atoms with E-state index in [1.165, 1.54) is 11.4 Å². The summed E-state index contributed by atoms with van der Waals surface area (Å²) in [5.41, 5.74) is 0. The van der Waals surface area contributed by atoms with Crippen LogP contribution in [0.5, 0.6) is 0 Å². The molecule has 0 radical (unpaired) electrons. The van der Waals surface area contributed by atoms with Gasteiger partial charge >= 0.3 is 5.97 Å². The quantitative estimate of drug-likeness (QED) is 0.724. The summed E-state index contributed by atoms with van der Waals surface area (Å²) in [6.07, 6.45) is 2.99. The molecule has 0 saturated carbocycles. The molecule has 0 aliphatic carbocycles. The van der Waals surface area contributed by atoms with Crippen molar-refractivity contribution in [2.45, 2.75) is 44.2 Å². The molecule has 0 aromatic carbocycles. The van der Waals surface area contributed by atoms with Crippen molar-refractivity contribution in [1.82, 2.24) is 8.61 Å². The van der Waals surface area contributed by atoms with Crippen LogP contribution in [0.2, 0.25) is 0 Å². The zero-order valence-corrected chi connectivity index (χ0v) is 12.5. The van der Waals surface area contributed by atoms with Gasteiger partial charge in [-0.25, -0.2) is 0 Å². The Kier molecular flexibility index (Phi) is 5.00. The lowest BCUT2D eigenvalue weighted by Gasteiger charge is -2.28. The first-order valence-corrected chi connectivity index (χ1v) is 8.39. The molecule has 0 aromatic heterocycles. The first-order valence-electron chi connectivity index (χ1n) is 6.99. The van der Waals surface area contributed by atoms with Gasteiger partial charge in [-0.2, -0.15) is 17.0 Å². The number of hydrogen-bond acceptors (Lipinski definition) is 5. The van der Waals surface area contributed by atoms with E-state index in [-0.39, 0.29) is 13.0 Å². The minimum atomic E-state index is -3.72. The van der Waals surface area contributed by atoms with Crippen molar-refractivity contribution < 1.29 is 23.1 Å². The van der Waals surface area contributed by atoms with E-state index in [0.717, 1.165) is 30.0 Å². The highest BCUT2D eigenvalue weighted by Crippen LogP contribution is 2.26. The number of hydrogen-bond donors (Lipinski definition) is 1. The minimum absolute atomic E-state index is 0.0431. The van der Waals surface area contributed by atoms with Gasteiger partial charge in [-0.05, 0) is 12.8 Å². The Hall–Kier alpha value is -0.700. The number of methoxy groups -OCH3 is 1. The fourth-order valence-corrected chi connectivity index (χ4v) is 4.68. The lowest BCUT2D eigenvalue weighted by molar-refractivity contribution is -0.144. The number of aliphatic hydroxyl groups excluding tert-OH is 1. The third kappa shape index (κ3) is 3.13. The van der Waals surface area contributed by atoms with E-state index in [0.29, 0.717) is 13.1 Å². The fourth-order valence-electron chi connectivity index (χ4n) is 2.81. The van der Waals surface area contributed by atoms with Crippen LogP contribution >= 0.6 is 0 Å². The number of rotatable bonds is 3. The van der Waals surface area contributed by atoms with Gasteiger partial charge in [0.15, 0.2) is 0 Å². The molecule has 0 amide bonds. The van der Waals surface area contributed by atoms with E-state index >= 15 is 0 Å². The Balaban J connectivity index is 2.19. The summed E-state index contributed by atoms with van der Waals surface area (Å²) in [5.74, 6) is -0.611. The third-order valence-corrected chi connectivity index (χ3v) is 5.91. The number of nitrogens with zero attached hydrogens (tertiary/aromatic N) is 2. The van der Waals surface area contributed by atoms with Crippen LogP contribution in [0, 0.1) is 0 Å². The Morgan fingerprint density at radius 2 is 1.80 bits per heavy atom. The first-order chi connectivity index (χ1) is 9.46. The summed E-state index contributed by atoms with van der Waals surface area (Å²) >= 11 is 0. The maximum absolute atomic E-state index is 12.6. The second-order valence-corrected chi connectivity index (χ2v) is 7.20. The second-order valence-electron chi connectivity index (χ2n) is 5.32. The highest BCUT2D eigenvalue weighted by atomic mass is 32.2. The summed E-state index contributed by atoms with van der Waals surface area (Å²) in [6, 6.07) is -0.914.